The van der Waals surface area contributed by atoms with Crippen LogP contribution in [0.5, 0.6) is 0 Å². The molecule has 3 rings (SSSR count). The van der Waals surface area contributed by atoms with Gasteiger partial charge in [0, 0.05) is 31.3 Å². The molecule has 3 nitrogen and oxygen atoms in total. The molecule has 0 radical (unpaired) electrons. The van der Waals surface area contributed by atoms with E-state index in [4.69, 9.17) is 4.74 Å². The Balaban J connectivity index is 1.91. The number of nitrogens with zero attached hydrogens (tertiary/aromatic N) is 1. The quantitative estimate of drug-likeness (QED) is 0.914. The molecule has 0 amide bonds. The second-order valence-corrected chi connectivity index (χ2v) is 5.40. The molecule has 2 aromatic rings. The largest absolute Gasteiger partial charge is 0.388 e. The molecular weight excluding hydrogens is 238 g/mol. The highest BCUT2D eigenvalue weighted by molar-refractivity contribution is 5.85. The Morgan fingerprint density at radius 2 is 2.21 bits per heavy atom. The van der Waals surface area contributed by atoms with Gasteiger partial charge in [0.25, 0.3) is 0 Å². The summed E-state index contributed by atoms with van der Waals surface area (Å²) in [6.45, 7) is 0. The van der Waals surface area contributed by atoms with E-state index >= 15 is 0 Å². The third kappa shape index (κ3) is 2.24. The van der Waals surface area contributed by atoms with Crippen molar-refractivity contribution in [3.8, 4) is 0 Å². The van der Waals surface area contributed by atoms with Gasteiger partial charge in [0.15, 0.2) is 0 Å². The maximum atomic E-state index is 10.5. The van der Waals surface area contributed by atoms with Crippen molar-refractivity contribution in [3.63, 3.8) is 0 Å². The van der Waals surface area contributed by atoms with Gasteiger partial charge >= 0.3 is 0 Å². The second kappa shape index (κ2) is 4.91. The molecule has 1 unspecified atom stereocenters. The summed E-state index contributed by atoms with van der Waals surface area (Å²) in [6.07, 6.45) is 7.09. The summed E-state index contributed by atoms with van der Waals surface area (Å²) in [6, 6.07) is 7.96. The molecule has 0 bridgehead atoms. The van der Waals surface area contributed by atoms with Crippen molar-refractivity contribution < 1.29 is 9.84 Å². The molecule has 19 heavy (non-hydrogen) atoms. The van der Waals surface area contributed by atoms with Gasteiger partial charge < -0.3 is 9.84 Å². The van der Waals surface area contributed by atoms with Gasteiger partial charge in [-0.15, -0.1) is 0 Å². The van der Waals surface area contributed by atoms with Crippen LogP contribution in [-0.2, 0) is 4.74 Å². The molecule has 1 aromatic carbocycles. The first kappa shape index (κ1) is 12.6. The Bertz CT molecular complexity index is 567. The van der Waals surface area contributed by atoms with Crippen LogP contribution in [0.15, 0.2) is 36.7 Å². The summed E-state index contributed by atoms with van der Waals surface area (Å²) in [7, 11) is 1.75. The number of hydrogen-bond acceptors (Lipinski definition) is 3. The lowest BCUT2D eigenvalue weighted by atomic mass is 9.75. The van der Waals surface area contributed by atoms with E-state index in [1.54, 1.807) is 13.3 Å². The number of fused-ring (bicyclic) bond motifs is 1. The number of aliphatic hydroxyl groups is 1. The van der Waals surface area contributed by atoms with Crippen molar-refractivity contribution >= 4 is 10.8 Å². The molecule has 1 heterocycles. The van der Waals surface area contributed by atoms with Gasteiger partial charge in [-0.05, 0) is 36.3 Å². The predicted molar refractivity (Wildman–Crippen MR) is 74.9 cm³/mol. The summed E-state index contributed by atoms with van der Waals surface area (Å²) in [5, 5.41) is 12.7. The van der Waals surface area contributed by atoms with E-state index in [1.807, 2.05) is 30.5 Å². The summed E-state index contributed by atoms with van der Waals surface area (Å²) < 4.78 is 5.61. The van der Waals surface area contributed by atoms with E-state index in [0.29, 0.717) is 6.42 Å². The Hall–Kier alpha value is -1.45. The lowest BCUT2D eigenvalue weighted by Crippen LogP contribution is -2.40. The number of ether oxygens (including phenoxy) is 1. The van der Waals surface area contributed by atoms with Gasteiger partial charge in [-0.3, -0.25) is 4.98 Å². The van der Waals surface area contributed by atoms with E-state index in [-0.39, 0.29) is 5.60 Å². The maximum absolute atomic E-state index is 10.5. The van der Waals surface area contributed by atoms with Crippen LogP contribution >= 0.6 is 0 Å². The zero-order valence-electron chi connectivity index (χ0n) is 11.2. The molecule has 1 aliphatic rings. The monoisotopic (exact) mass is 257 g/mol. The molecule has 100 valence electrons. The molecule has 1 saturated carbocycles. The lowest BCUT2D eigenvalue weighted by Gasteiger charge is -2.42. The molecule has 0 aliphatic heterocycles. The van der Waals surface area contributed by atoms with Crippen molar-refractivity contribution in [1.29, 1.82) is 0 Å². The van der Waals surface area contributed by atoms with Crippen LogP contribution < -0.4 is 0 Å². The first-order valence-electron chi connectivity index (χ1n) is 6.80. The van der Waals surface area contributed by atoms with Crippen molar-refractivity contribution in [2.45, 2.75) is 37.4 Å². The third-order valence-corrected chi connectivity index (χ3v) is 4.34. The molecule has 1 aromatic heterocycles. The molecule has 1 atom stereocenters. The lowest BCUT2D eigenvalue weighted by molar-refractivity contribution is -0.0997. The summed E-state index contributed by atoms with van der Waals surface area (Å²) in [5.74, 6) is 0. The molecular formula is C16H19NO2. The standard InChI is InChI=1S/C16H19NO2/c1-19-16(7-3-8-16)10-15(18)14-5-2-4-12-11-17-9-6-13(12)14/h2,4-6,9,11,15,18H,3,7-8,10H2,1H3. The highest BCUT2D eigenvalue weighted by Gasteiger charge is 2.39. The third-order valence-electron chi connectivity index (χ3n) is 4.34. The Kier molecular flexibility index (Phi) is 3.25. The van der Waals surface area contributed by atoms with E-state index < -0.39 is 6.10 Å². The van der Waals surface area contributed by atoms with Crippen molar-refractivity contribution in [3.05, 3.63) is 42.2 Å². The average Bonchev–Trinajstić information content (AvgIpc) is 2.42. The van der Waals surface area contributed by atoms with Crippen molar-refractivity contribution in [2.75, 3.05) is 7.11 Å². The van der Waals surface area contributed by atoms with Gasteiger partial charge in [0.1, 0.15) is 0 Å². The highest BCUT2D eigenvalue weighted by Crippen LogP contribution is 2.42. The number of pyridine rings is 1. The predicted octanol–water partition coefficient (Wildman–Crippen LogP) is 3.23. The maximum Gasteiger partial charge on any atom is 0.0823 e. The molecule has 3 heteroatoms. The normalized spacial score (nSPS) is 19.1. The Labute approximate surface area is 113 Å². The van der Waals surface area contributed by atoms with Crippen molar-refractivity contribution in [2.24, 2.45) is 0 Å². The number of benzene rings is 1. The number of methoxy groups -OCH3 is 1. The van der Waals surface area contributed by atoms with Crippen LogP contribution in [0, 0.1) is 0 Å². The SMILES string of the molecule is COC1(CC(O)c2cccc3cnccc23)CCC1. The fourth-order valence-electron chi connectivity index (χ4n) is 2.96. The van der Waals surface area contributed by atoms with Gasteiger partial charge in [0.2, 0.25) is 0 Å². The number of hydrogen-bond donors (Lipinski definition) is 1. The summed E-state index contributed by atoms with van der Waals surface area (Å²) in [4.78, 5) is 4.13. The van der Waals surface area contributed by atoms with Crippen LogP contribution in [0.1, 0.15) is 37.4 Å². The second-order valence-electron chi connectivity index (χ2n) is 5.40. The number of aromatic nitrogens is 1. The molecule has 1 fully saturated rings. The minimum absolute atomic E-state index is 0.116. The topological polar surface area (TPSA) is 42.4 Å². The van der Waals surface area contributed by atoms with Crippen LogP contribution in [-0.4, -0.2) is 22.8 Å². The number of rotatable bonds is 4. The minimum atomic E-state index is -0.480. The molecule has 0 spiro atoms. The van der Waals surface area contributed by atoms with Crippen LogP contribution in [0.2, 0.25) is 0 Å². The highest BCUT2D eigenvalue weighted by atomic mass is 16.5. The van der Waals surface area contributed by atoms with E-state index in [1.165, 1.54) is 6.42 Å². The fraction of sp³-hybridized carbons (Fsp3) is 0.438. The minimum Gasteiger partial charge on any atom is -0.388 e. The van der Waals surface area contributed by atoms with Gasteiger partial charge in [-0.1, -0.05) is 18.2 Å². The van der Waals surface area contributed by atoms with Crippen LogP contribution in [0.4, 0.5) is 0 Å². The number of aliphatic hydroxyl groups excluding tert-OH is 1. The zero-order valence-corrected chi connectivity index (χ0v) is 11.2. The molecule has 1 aliphatic carbocycles. The van der Waals surface area contributed by atoms with Gasteiger partial charge in [0.05, 0.1) is 11.7 Å². The van der Waals surface area contributed by atoms with E-state index in [2.05, 4.69) is 4.98 Å². The zero-order chi connectivity index (χ0) is 13.3. The fourth-order valence-corrected chi connectivity index (χ4v) is 2.96. The Morgan fingerprint density at radius 1 is 1.37 bits per heavy atom. The molecule has 0 saturated heterocycles. The van der Waals surface area contributed by atoms with E-state index in [9.17, 15) is 5.11 Å². The van der Waals surface area contributed by atoms with Crippen molar-refractivity contribution in [1.82, 2.24) is 4.98 Å². The van der Waals surface area contributed by atoms with E-state index in [0.717, 1.165) is 29.2 Å². The van der Waals surface area contributed by atoms with Gasteiger partial charge in [-0.2, -0.15) is 0 Å². The summed E-state index contributed by atoms with van der Waals surface area (Å²) in [5.41, 5.74) is 0.859. The summed E-state index contributed by atoms with van der Waals surface area (Å²) >= 11 is 0. The first-order chi connectivity index (χ1) is 9.24. The average molecular weight is 257 g/mol. The Morgan fingerprint density at radius 3 is 2.89 bits per heavy atom. The van der Waals surface area contributed by atoms with Gasteiger partial charge in [-0.25, -0.2) is 0 Å². The first-order valence-corrected chi connectivity index (χ1v) is 6.80. The van der Waals surface area contributed by atoms with Crippen LogP contribution in [0.25, 0.3) is 10.8 Å². The smallest absolute Gasteiger partial charge is 0.0823 e. The molecule has 1 N–H and O–H groups in total. The van der Waals surface area contributed by atoms with Crippen LogP contribution in [0.3, 0.4) is 0 Å².